The van der Waals surface area contributed by atoms with E-state index < -0.39 is 5.54 Å². The average Bonchev–Trinajstić information content (AvgIpc) is 2.81. The van der Waals surface area contributed by atoms with Gasteiger partial charge in [0, 0.05) is 15.6 Å². The number of thiophene rings is 1. The SMILES string of the molecule is COC(=O)C(C)(C)NC(C)c1cc2ccccc2s1. The molecule has 0 amide bonds. The Hall–Kier alpha value is -1.39. The zero-order valence-electron chi connectivity index (χ0n) is 11.7. The van der Waals surface area contributed by atoms with Crippen molar-refractivity contribution in [3.63, 3.8) is 0 Å². The fourth-order valence-corrected chi connectivity index (χ4v) is 3.21. The Bertz CT molecular complexity index is 556. The Morgan fingerprint density at radius 2 is 2.05 bits per heavy atom. The van der Waals surface area contributed by atoms with Gasteiger partial charge in [0.05, 0.1) is 7.11 Å². The van der Waals surface area contributed by atoms with Gasteiger partial charge in [-0.05, 0) is 38.3 Å². The van der Waals surface area contributed by atoms with Crippen LogP contribution in [0.5, 0.6) is 0 Å². The van der Waals surface area contributed by atoms with E-state index in [1.165, 1.54) is 22.1 Å². The minimum Gasteiger partial charge on any atom is -0.468 e. The van der Waals surface area contributed by atoms with Crippen LogP contribution in [0.1, 0.15) is 31.7 Å². The van der Waals surface area contributed by atoms with Crippen molar-refractivity contribution in [3.8, 4) is 0 Å². The van der Waals surface area contributed by atoms with Gasteiger partial charge < -0.3 is 4.74 Å². The molecule has 0 spiro atoms. The highest BCUT2D eigenvalue weighted by Crippen LogP contribution is 2.30. The molecule has 2 aromatic rings. The van der Waals surface area contributed by atoms with Gasteiger partial charge in [-0.3, -0.25) is 10.1 Å². The molecule has 0 aliphatic heterocycles. The van der Waals surface area contributed by atoms with Gasteiger partial charge in [0.15, 0.2) is 0 Å². The van der Waals surface area contributed by atoms with E-state index >= 15 is 0 Å². The van der Waals surface area contributed by atoms with Crippen molar-refractivity contribution in [3.05, 3.63) is 35.2 Å². The van der Waals surface area contributed by atoms with Gasteiger partial charge in [0.1, 0.15) is 5.54 Å². The van der Waals surface area contributed by atoms with Crippen LogP contribution in [0.15, 0.2) is 30.3 Å². The highest BCUT2D eigenvalue weighted by molar-refractivity contribution is 7.19. The van der Waals surface area contributed by atoms with Crippen LogP contribution in [0.2, 0.25) is 0 Å². The van der Waals surface area contributed by atoms with Crippen LogP contribution >= 0.6 is 11.3 Å². The number of carbonyl (C=O) groups is 1. The van der Waals surface area contributed by atoms with Gasteiger partial charge in [-0.1, -0.05) is 18.2 Å². The minimum absolute atomic E-state index is 0.103. The molecular weight excluding hydrogens is 258 g/mol. The summed E-state index contributed by atoms with van der Waals surface area (Å²) in [6.45, 7) is 5.74. The summed E-state index contributed by atoms with van der Waals surface area (Å²) in [7, 11) is 1.41. The number of methoxy groups -OCH3 is 1. The molecule has 0 aliphatic carbocycles. The van der Waals surface area contributed by atoms with Crippen LogP contribution in [0, 0.1) is 0 Å². The Morgan fingerprint density at radius 3 is 2.68 bits per heavy atom. The summed E-state index contributed by atoms with van der Waals surface area (Å²) in [6.07, 6.45) is 0. The third-order valence-corrected chi connectivity index (χ3v) is 4.44. The van der Waals surface area contributed by atoms with Crippen molar-refractivity contribution in [2.24, 2.45) is 0 Å². The van der Waals surface area contributed by atoms with Gasteiger partial charge in [0.25, 0.3) is 0 Å². The summed E-state index contributed by atoms with van der Waals surface area (Å²) in [4.78, 5) is 12.9. The monoisotopic (exact) mass is 277 g/mol. The van der Waals surface area contributed by atoms with E-state index in [1.807, 2.05) is 26.0 Å². The second-order valence-electron chi connectivity index (χ2n) is 5.17. The molecule has 1 aromatic carbocycles. The second kappa shape index (κ2) is 5.31. The Labute approximate surface area is 117 Å². The lowest BCUT2D eigenvalue weighted by atomic mass is 10.0. The predicted molar refractivity (Wildman–Crippen MR) is 79.5 cm³/mol. The number of hydrogen-bond donors (Lipinski definition) is 1. The summed E-state index contributed by atoms with van der Waals surface area (Å²) < 4.78 is 6.08. The van der Waals surface area contributed by atoms with Gasteiger partial charge in [0.2, 0.25) is 0 Å². The Balaban J connectivity index is 2.20. The average molecular weight is 277 g/mol. The molecular formula is C15H19NO2S. The van der Waals surface area contributed by atoms with E-state index in [9.17, 15) is 4.79 Å². The fraction of sp³-hybridized carbons (Fsp3) is 0.400. The largest absolute Gasteiger partial charge is 0.468 e. The highest BCUT2D eigenvalue weighted by Gasteiger charge is 2.30. The van der Waals surface area contributed by atoms with Crippen molar-refractivity contribution >= 4 is 27.4 Å². The first-order chi connectivity index (χ1) is 8.94. The van der Waals surface area contributed by atoms with Crippen molar-refractivity contribution in [1.29, 1.82) is 0 Å². The molecule has 1 aromatic heterocycles. The molecule has 0 aliphatic rings. The van der Waals surface area contributed by atoms with E-state index in [2.05, 4.69) is 30.4 Å². The zero-order chi connectivity index (χ0) is 14.0. The highest BCUT2D eigenvalue weighted by atomic mass is 32.1. The molecule has 2 rings (SSSR count). The molecule has 1 atom stereocenters. The molecule has 1 heterocycles. The molecule has 0 fully saturated rings. The Morgan fingerprint density at radius 1 is 1.37 bits per heavy atom. The van der Waals surface area contributed by atoms with Crippen LogP contribution < -0.4 is 5.32 Å². The Kier molecular flexibility index (Phi) is 3.92. The number of ether oxygens (including phenoxy) is 1. The second-order valence-corrected chi connectivity index (χ2v) is 6.28. The molecule has 0 saturated heterocycles. The van der Waals surface area contributed by atoms with Crippen molar-refractivity contribution in [2.75, 3.05) is 7.11 Å². The number of fused-ring (bicyclic) bond motifs is 1. The summed E-state index contributed by atoms with van der Waals surface area (Å²) in [5.74, 6) is -0.250. The number of nitrogens with one attached hydrogen (secondary N) is 1. The van der Waals surface area contributed by atoms with Gasteiger partial charge >= 0.3 is 5.97 Å². The van der Waals surface area contributed by atoms with E-state index in [0.29, 0.717) is 0 Å². The summed E-state index contributed by atoms with van der Waals surface area (Å²) in [6, 6.07) is 10.6. The smallest absolute Gasteiger partial charge is 0.325 e. The molecule has 0 radical (unpaired) electrons. The lowest BCUT2D eigenvalue weighted by molar-refractivity contribution is -0.147. The maximum atomic E-state index is 11.7. The van der Waals surface area contributed by atoms with E-state index in [0.717, 1.165) is 0 Å². The number of benzene rings is 1. The van der Waals surface area contributed by atoms with Crippen molar-refractivity contribution in [2.45, 2.75) is 32.4 Å². The fourth-order valence-electron chi connectivity index (χ4n) is 2.14. The van der Waals surface area contributed by atoms with Crippen LogP contribution in [0.3, 0.4) is 0 Å². The summed E-state index contributed by atoms with van der Waals surface area (Å²) in [5, 5.41) is 4.56. The number of rotatable bonds is 4. The third kappa shape index (κ3) is 2.96. The standard InChI is InChI=1S/C15H19NO2S/c1-10(16-15(2,3)14(17)18-4)13-9-11-7-5-6-8-12(11)19-13/h5-10,16H,1-4H3. The van der Waals surface area contributed by atoms with Crippen LogP contribution in [0.4, 0.5) is 0 Å². The first-order valence-electron chi connectivity index (χ1n) is 6.28. The van der Waals surface area contributed by atoms with Gasteiger partial charge in [-0.25, -0.2) is 0 Å². The summed E-state index contributed by atoms with van der Waals surface area (Å²) >= 11 is 1.75. The van der Waals surface area contributed by atoms with E-state index in [1.54, 1.807) is 11.3 Å². The summed E-state index contributed by atoms with van der Waals surface area (Å²) in [5.41, 5.74) is -0.690. The molecule has 19 heavy (non-hydrogen) atoms. The van der Waals surface area contributed by atoms with Crippen LogP contribution in [0.25, 0.3) is 10.1 Å². The molecule has 3 nitrogen and oxygen atoms in total. The van der Waals surface area contributed by atoms with E-state index in [-0.39, 0.29) is 12.0 Å². The molecule has 0 bridgehead atoms. The van der Waals surface area contributed by atoms with Gasteiger partial charge in [-0.15, -0.1) is 11.3 Å². The van der Waals surface area contributed by atoms with Crippen LogP contribution in [-0.2, 0) is 9.53 Å². The number of hydrogen-bond acceptors (Lipinski definition) is 4. The third-order valence-electron chi connectivity index (χ3n) is 3.14. The van der Waals surface area contributed by atoms with Gasteiger partial charge in [-0.2, -0.15) is 0 Å². The molecule has 0 saturated carbocycles. The first-order valence-corrected chi connectivity index (χ1v) is 7.10. The molecule has 1 N–H and O–H groups in total. The first kappa shape index (κ1) is 14.0. The van der Waals surface area contributed by atoms with Crippen molar-refractivity contribution in [1.82, 2.24) is 5.32 Å². The predicted octanol–water partition coefficient (Wildman–Crippen LogP) is 3.50. The zero-order valence-corrected chi connectivity index (χ0v) is 12.5. The molecule has 4 heteroatoms. The van der Waals surface area contributed by atoms with Crippen LogP contribution in [-0.4, -0.2) is 18.6 Å². The number of esters is 1. The topological polar surface area (TPSA) is 38.3 Å². The maximum Gasteiger partial charge on any atom is 0.325 e. The quantitative estimate of drug-likeness (QED) is 0.869. The molecule has 102 valence electrons. The molecule has 1 unspecified atom stereocenters. The maximum absolute atomic E-state index is 11.7. The minimum atomic E-state index is -0.690. The van der Waals surface area contributed by atoms with E-state index in [4.69, 9.17) is 4.74 Å². The normalized spacial score (nSPS) is 13.5. The lowest BCUT2D eigenvalue weighted by Crippen LogP contribution is -2.48. The van der Waals surface area contributed by atoms with Crippen molar-refractivity contribution < 1.29 is 9.53 Å². The number of carbonyl (C=O) groups excluding carboxylic acids is 1. The lowest BCUT2D eigenvalue weighted by Gasteiger charge is -2.27.